The first kappa shape index (κ1) is 10.7. The van der Waals surface area contributed by atoms with Crippen LogP contribution in [0.15, 0.2) is 42.5 Å². The minimum Gasteiger partial charge on any atom is -0.373 e. The summed E-state index contributed by atoms with van der Waals surface area (Å²) in [5, 5.41) is 3.05. The maximum atomic E-state index is 4.51. The number of rotatable bonds is 3. The summed E-state index contributed by atoms with van der Waals surface area (Å²) in [6, 6.07) is 14.6. The van der Waals surface area contributed by atoms with Gasteiger partial charge in [0.1, 0.15) is 5.82 Å². The number of hydrogen-bond donors (Lipinski definition) is 1. The summed E-state index contributed by atoms with van der Waals surface area (Å²) < 4.78 is 0. The second-order valence-electron chi connectivity index (χ2n) is 3.71. The van der Waals surface area contributed by atoms with Gasteiger partial charge in [-0.05, 0) is 24.1 Å². The minimum atomic E-state index is 0.900. The molecule has 0 amide bonds. The van der Waals surface area contributed by atoms with E-state index in [0.717, 1.165) is 23.5 Å². The SMILES string of the molecule is CCc1ccc(-c2cccc(NC)n2)cc1. The van der Waals surface area contributed by atoms with E-state index in [2.05, 4.69) is 41.5 Å². The maximum Gasteiger partial charge on any atom is 0.126 e. The first-order valence-corrected chi connectivity index (χ1v) is 5.57. The van der Waals surface area contributed by atoms with Crippen LogP contribution in [0.1, 0.15) is 12.5 Å². The molecule has 0 aliphatic carbocycles. The van der Waals surface area contributed by atoms with E-state index in [1.54, 1.807) is 0 Å². The van der Waals surface area contributed by atoms with Crippen molar-refractivity contribution in [2.45, 2.75) is 13.3 Å². The normalized spacial score (nSPS) is 10.1. The average molecular weight is 212 g/mol. The van der Waals surface area contributed by atoms with Crippen LogP contribution in [0.4, 0.5) is 5.82 Å². The molecule has 0 aliphatic rings. The van der Waals surface area contributed by atoms with E-state index >= 15 is 0 Å². The van der Waals surface area contributed by atoms with Gasteiger partial charge in [0.15, 0.2) is 0 Å². The number of aromatic nitrogens is 1. The molecule has 0 radical (unpaired) electrons. The third-order valence-corrected chi connectivity index (χ3v) is 2.66. The summed E-state index contributed by atoms with van der Waals surface area (Å²) in [6.45, 7) is 2.16. The molecule has 16 heavy (non-hydrogen) atoms. The second-order valence-corrected chi connectivity index (χ2v) is 3.71. The zero-order chi connectivity index (χ0) is 11.4. The summed E-state index contributed by atoms with van der Waals surface area (Å²) in [7, 11) is 1.88. The molecule has 2 nitrogen and oxygen atoms in total. The smallest absolute Gasteiger partial charge is 0.126 e. The van der Waals surface area contributed by atoms with Crippen molar-refractivity contribution >= 4 is 5.82 Å². The molecule has 1 heterocycles. The van der Waals surface area contributed by atoms with Crippen LogP contribution in [-0.2, 0) is 6.42 Å². The molecule has 0 saturated heterocycles. The van der Waals surface area contributed by atoms with E-state index in [1.165, 1.54) is 5.56 Å². The highest BCUT2D eigenvalue weighted by atomic mass is 15.0. The first-order valence-electron chi connectivity index (χ1n) is 5.57. The summed E-state index contributed by atoms with van der Waals surface area (Å²) in [5.74, 6) is 0.900. The average Bonchev–Trinajstić information content (AvgIpc) is 2.39. The molecule has 0 spiro atoms. The van der Waals surface area contributed by atoms with Gasteiger partial charge in [0, 0.05) is 12.6 Å². The number of nitrogens with one attached hydrogen (secondary N) is 1. The molecule has 82 valence electrons. The second kappa shape index (κ2) is 4.79. The predicted octanol–water partition coefficient (Wildman–Crippen LogP) is 3.35. The molecule has 1 N–H and O–H groups in total. The van der Waals surface area contributed by atoms with Gasteiger partial charge in [0.2, 0.25) is 0 Å². The third-order valence-electron chi connectivity index (χ3n) is 2.66. The Morgan fingerprint density at radius 1 is 1.06 bits per heavy atom. The Bertz CT molecular complexity index is 460. The standard InChI is InChI=1S/C14H16N2/c1-3-11-7-9-12(10-8-11)13-5-4-6-14(15-2)16-13/h4-10H,3H2,1-2H3,(H,15,16). The quantitative estimate of drug-likeness (QED) is 0.844. The molecule has 1 aromatic carbocycles. The van der Waals surface area contributed by atoms with Crippen molar-refractivity contribution < 1.29 is 0 Å². The summed E-state index contributed by atoms with van der Waals surface area (Å²) >= 11 is 0. The van der Waals surface area contributed by atoms with Gasteiger partial charge in [-0.25, -0.2) is 4.98 Å². The molecule has 0 bridgehead atoms. The lowest BCUT2D eigenvalue weighted by Gasteiger charge is -2.04. The van der Waals surface area contributed by atoms with Gasteiger partial charge < -0.3 is 5.32 Å². The summed E-state index contributed by atoms with van der Waals surface area (Å²) in [5.41, 5.74) is 3.53. The molecule has 2 heteroatoms. The van der Waals surface area contributed by atoms with Crippen LogP contribution in [-0.4, -0.2) is 12.0 Å². The fourth-order valence-electron chi connectivity index (χ4n) is 1.65. The lowest BCUT2D eigenvalue weighted by Crippen LogP contribution is -1.93. The van der Waals surface area contributed by atoms with Crippen molar-refractivity contribution in [3.63, 3.8) is 0 Å². The van der Waals surface area contributed by atoms with Crippen molar-refractivity contribution in [3.05, 3.63) is 48.0 Å². The molecule has 1 aromatic heterocycles. The molecular weight excluding hydrogens is 196 g/mol. The van der Waals surface area contributed by atoms with Crippen LogP contribution >= 0.6 is 0 Å². The van der Waals surface area contributed by atoms with Crippen molar-refractivity contribution in [2.75, 3.05) is 12.4 Å². The lowest BCUT2D eigenvalue weighted by molar-refractivity contribution is 1.14. The molecular formula is C14H16N2. The highest BCUT2D eigenvalue weighted by molar-refractivity contribution is 5.61. The van der Waals surface area contributed by atoms with Gasteiger partial charge in [-0.2, -0.15) is 0 Å². The van der Waals surface area contributed by atoms with Crippen LogP contribution in [0.3, 0.4) is 0 Å². The molecule has 0 aliphatic heterocycles. The van der Waals surface area contributed by atoms with E-state index in [4.69, 9.17) is 0 Å². The van der Waals surface area contributed by atoms with Crippen LogP contribution in [0.5, 0.6) is 0 Å². The van der Waals surface area contributed by atoms with Gasteiger partial charge in [-0.3, -0.25) is 0 Å². The van der Waals surface area contributed by atoms with Crippen molar-refractivity contribution in [3.8, 4) is 11.3 Å². The third kappa shape index (κ3) is 2.22. The first-order chi connectivity index (χ1) is 7.83. The maximum absolute atomic E-state index is 4.51. The number of hydrogen-bond acceptors (Lipinski definition) is 2. The molecule has 2 rings (SSSR count). The van der Waals surface area contributed by atoms with Gasteiger partial charge >= 0.3 is 0 Å². The van der Waals surface area contributed by atoms with Gasteiger partial charge in [-0.1, -0.05) is 37.3 Å². The molecule has 0 atom stereocenters. The Hall–Kier alpha value is -1.83. The van der Waals surface area contributed by atoms with Crippen LogP contribution in [0.2, 0.25) is 0 Å². The van der Waals surface area contributed by atoms with Crippen molar-refractivity contribution in [2.24, 2.45) is 0 Å². The van der Waals surface area contributed by atoms with E-state index < -0.39 is 0 Å². The molecule has 0 fully saturated rings. The van der Waals surface area contributed by atoms with Crippen LogP contribution < -0.4 is 5.32 Å². The van der Waals surface area contributed by atoms with Crippen LogP contribution in [0, 0.1) is 0 Å². The zero-order valence-corrected chi connectivity index (χ0v) is 9.70. The van der Waals surface area contributed by atoms with E-state index in [0.29, 0.717) is 0 Å². The van der Waals surface area contributed by atoms with E-state index in [-0.39, 0.29) is 0 Å². The van der Waals surface area contributed by atoms with E-state index in [1.807, 2.05) is 25.2 Å². The topological polar surface area (TPSA) is 24.9 Å². The Morgan fingerprint density at radius 2 is 1.81 bits per heavy atom. The van der Waals surface area contributed by atoms with Gasteiger partial charge in [0.05, 0.1) is 5.69 Å². The van der Waals surface area contributed by atoms with Crippen molar-refractivity contribution in [1.82, 2.24) is 4.98 Å². The number of anilines is 1. The highest BCUT2D eigenvalue weighted by Gasteiger charge is 1.99. The Kier molecular flexibility index (Phi) is 3.20. The number of benzene rings is 1. The predicted molar refractivity (Wildman–Crippen MR) is 68.6 cm³/mol. The summed E-state index contributed by atoms with van der Waals surface area (Å²) in [6.07, 6.45) is 1.07. The van der Waals surface area contributed by atoms with Gasteiger partial charge in [0.25, 0.3) is 0 Å². The Balaban J connectivity index is 2.34. The minimum absolute atomic E-state index is 0.900. The largest absolute Gasteiger partial charge is 0.373 e. The zero-order valence-electron chi connectivity index (χ0n) is 9.70. The number of aryl methyl sites for hydroxylation is 1. The Morgan fingerprint density at radius 3 is 2.44 bits per heavy atom. The van der Waals surface area contributed by atoms with Gasteiger partial charge in [-0.15, -0.1) is 0 Å². The fraction of sp³-hybridized carbons (Fsp3) is 0.214. The molecule has 0 unspecified atom stereocenters. The van der Waals surface area contributed by atoms with E-state index in [9.17, 15) is 0 Å². The highest BCUT2D eigenvalue weighted by Crippen LogP contribution is 2.19. The molecule has 0 saturated carbocycles. The number of pyridine rings is 1. The summed E-state index contributed by atoms with van der Waals surface area (Å²) in [4.78, 5) is 4.51. The lowest BCUT2D eigenvalue weighted by atomic mass is 10.1. The molecule has 2 aromatic rings. The monoisotopic (exact) mass is 212 g/mol. The van der Waals surface area contributed by atoms with Crippen LogP contribution in [0.25, 0.3) is 11.3 Å². The Labute approximate surface area is 96.4 Å². The fourth-order valence-corrected chi connectivity index (χ4v) is 1.65. The number of nitrogens with zero attached hydrogens (tertiary/aromatic N) is 1. The van der Waals surface area contributed by atoms with Crippen molar-refractivity contribution in [1.29, 1.82) is 0 Å².